The molecular formula is C16H24N2O2. The smallest absolute Gasteiger partial charge is 0.224 e. The van der Waals surface area contributed by atoms with Crippen molar-refractivity contribution in [2.75, 3.05) is 0 Å². The summed E-state index contributed by atoms with van der Waals surface area (Å²) in [6.07, 6.45) is 2.20. The largest absolute Gasteiger partial charge is 0.444 e. The summed E-state index contributed by atoms with van der Waals surface area (Å²) < 4.78 is 5.47. The van der Waals surface area contributed by atoms with Gasteiger partial charge in [-0.25, -0.2) is 4.98 Å². The summed E-state index contributed by atoms with van der Waals surface area (Å²) in [5, 5.41) is 2.94. The molecule has 2 atom stereocenters. The monoisotopic (exact) mass is 276 g/mol. The van der Waals surface area contributed by atoms with Crippen molar-refractivity contribution in [1.29, 1.82) is 0 Å². The number of nitrogens with zero attached hydrogens (tertiary/aromatic N) is 1. The maximum atomic E-state index is 12.3. The average Bonchev–Trinajstić information content (AvgIpc) is 2.69. The number of amides is 1. The maximum absolute atomic E-state index is 12.3. The zero-order chi connectivity index (χ0) is 15.1. The molecule has 20 heavy (non-hydrogen) atoms. The highest BCUT2D eigenvalue weighted by molar-refractivity contribution is 5.83. The van der Waals surface area contributed by atoms with Crippen LogP contribution in [0.25, 0.3) is 0 Å². The Balaban J connectivity index is 1.95. The zero-order valence-electron chi connectivity index (χ0n) is 13.2. The van der Waals surface area contributed by atoms with Crippen molar-refractivity contribution in [3.05, 3.63) is 29.0 Å². The van der Waals surface area contributed by atoms with E-state index < -0.39 is 0 Å². The van der Waals surface area contributed by atoms with Crippen LogP contribution in [0.2, 0.25) is 0 Å². The van der Waals surface area contributed by atoms with E-state index in [1.165, 1.54) is 5.57 Å². The molecule has 4 heteroatoms. The van der Waals surface area contributed by atoms with E-state index in [1.807, 2.05) is 13.8 Å². The standard InChI is InChI=1S/C16H24N2O2/c1-9(2)7-12-14(16(12,5)6)15(19)17-8-13-18-10(3)11(4)20-13/h7,12,14H,8H2,1-6H3,(H,17,19)/t12-,14-/m1/s1. The minimum Gasteiger partial charge on any atom is -0.444 e. The number of oxazole rings is 1. The van der Waals surface area contributed by atoms with Gasteiger partial charge in [0, 0.05) is 0 Å². The number of rotatable bonds is 4. The van der Waals surface area contributed by atoms with E-state index in [0.717, 1.165) is 11.5 Å². The van der Waals surface area contributed by atoms with Gasteiger partial charge in [-0.1, -0.05) is 25.5 Å². The van der Waals surface area contributed by atoms with Gasteiger partial charge in [0.05, 0.1) is 18.2 Å². The molecule has 0 unspecified atom stereocenters. The Morgan fingerprint density at radius 1 is 1.40 bits per heavy atom. The van der Waals surface area contributed by atoms with Crippen molar-refractivity contribution < 1.29 is 9.21 Å². The third-order valence-corrected chi connectivity index (χ3v) is 4.19. The van der Waals surface area contributed by atoms with Crippen molar-refractivity contribution in [2.24, 2.45) is 17.3 Å². The number of allylic oxidation sites excluding steroid dienone is 2. The third-order valence-electron chi connectivity index (χ3n) is 4.19. The molecule has 1 heterocycles. The highest BCUT2D eigenvalue weighted by Crippen LogP contribution is 2.59. The molecule has 110 valence electrons. The molecule has 1 saturated carbocycles. The molecule has 1 N–H and O–H groups in total. The van der Waals surface area contributed by atoms with Gasteiger partial charge in [-0.05, 0) is 39.0 Å². The second-order valence-electron chi connectivity index (χ2n) is 6.54. The van der Waals surface area contributed by atoms with E-state index in [4.69, 9.17) is 4.42 Å². The predicted molar refractivity (Wildman–Crippen MR) is 78.0 cm³/mol. The molecule has 0 bridgehead atoms. The lowest BCUT2D eigenvalue weighted by molar-refractivity contribution is -0.123. The normalized spacial score (nSPS) is 23.3. The van der Waals surface area contributed by atoms with Gasteiger partial charge >= 0.3 is 0 Å². The number of carbonyl (C=O) groups is 1. The van der Waals surface area contributed by atoms with Crippen molar-refractivity contribution in [1.82, 2.24) is 10.3 Å². The van der Waals surface area contributed by atoms with Crippen LogP contribution in [0, 0.1) is 31.1 Å². The molecule has 1 aromatic heterocycles. The van der Waals surface area contributed by atoms with E-state index in [-0.39, 0.29) is 17.2 Å². The van der Waals surface area contributed by atoms with Gasteiger partial charge in [0.2, 0.25) is 11.8 Å². The topological polar surface area (TPSA) is 55.1 Å². The van der Waals surface area contributed by atoms with E-state index in [2.05, 4.69) is 44.1 Å². The first-order valence-electron chi connectivity index (χ1n) is 7.09. The molecule has 1 aliphatic carbocycles. The van der Waals surface area contributed by atoms with Crippen LogP contribution in [-0.4, -0.2) is 10.9 Å². The van der Waals surface area contributed by atoms with E-state index >= 15 is 0 Å². The number of aromatic nitrogens is 1. The van der Waals surface area contributed by atoms with Crippen LogP contribution in [0.4, 0.5) is 0 Å². The van der Waals surface area contributed by atoms with E-state index in [0.29, 0.717) is 18.4 Å². The minimum atomic E-state index is 0.0454. The first kappa shape index (κ1) is 14.8. The third kappa shape index (κ3) is 2.79. The predicted octanol–water partition coefficient (Wildman–Crippen LogP) is 3.15. The Bertz CT molecular complexity index is 531. The van der Waals surface area contributed by atoms with Gasteiger partial charge in [-0.3, -0.25) is 4.79 Å². The molecule has 1 aliphatic rings. The summed E-state index contributed by atoms with van der Waals surface area (Å²) in [5.41, 5.74) is 2.18. The van der Waals surface area contributed by atoms with Gasteiger partial charge in [0.15, 0.2) is 0 Å². The van der Waals surface area contributed by atoms with Crippen LogP contribution in [0.5, 0.6) is 0 Å². The maximum Gasteiger partial charge on any atom is 0.224 e. The van der Waals surface area contributed by atoms with Crippen molar-refractivity contribution in [3.8, 4) is 0 Å². The first-order chi connectivity index (χ1) is 9.23. The molecule has 0 saturated heterocycles. The molecule has 1 fully saturated rings. The number of aryl methyl sites for hydroxylation is 2. The van der Waals surface area contributed by atoms with Crippen LogP contribution >= 0.6 is 0 Å². The van der Waals surface area contributed by atoms with Crippen molar-refractivity contribution in [2.45, 2.75) is 48.1 Å². The summed E-state index contributed by atoms with van der Waals surface area (Å²) in [7, 11) is 0. The SMILES string of the molecule is CC(C)=C[C@@H]1[C@H](C(=O)NCc2nc(C)c(C)o2)C1(C)C. The average molecular weight is 276 g/mol. The van der Waals surface area contributed by atoms with Crippen molar-refractivity contribution >= 4 is 5.91 Å². The van der Waals surface area contributed by atoms with Crippen LogP contribution in [-0.2, 0) is 11.3 Å². The highest BCUT2D eigenvalue weighted by Gasteiger charge is 2.60. The van der Waals surface area contributed by atoms with Crippen molar-refractivity contribution in [3.63, 3.8) is 0 Å². The molecule has 0 aromatic carbocycles. The van der Waals surface area contributed by atoms with Crippen LogP contribution in [0.3, 0.4) is 0 Å². The Morgan fingerprint density at radius 3 is 2.55 bits per heavy atom. The van der Waals surface area contributed by atoms with Crippen LogP contribution in [0.1, 0.15) is 45.0 Å². The van der Waals surface area contributed by atoms with Crippen LogP contribution < -0.4 is 5.32 Å². The minimum absolute atomic E-state index is 0.0454. The second kappa shape index (κ2) is 5.08. The van der Waals surface area contributed by atoms with Gasteiger partial charge in [-0.2, -0.15) is 0 Å². The summed E-state index contributed by atoms with van der Waals surface area (Å²) in [5.74, 6) is 1.86. The first-order valence-corrected chi connectivity index (χ1v) is 7.09. The summed E-state index contributed by atoms with van der Waals surface area (Å²) in [4.78, 5) is 16.5. The lowest BCUT2D eigenvalue weighted by Gasteiger charge is -2.03. The molecule has 4 nitrogen and oxygen atoms in total. The van der Waals surface area contributed by atoms with Gasteiger partial charge < -0.3 is 9.73 Å². The Morgan fingerprint density at radius 2 is 2.05 bits per heavy atom. The molecular weight excluding hydrogens is 252 g/mol. The van der Waals surface area contributed by atoms with E-state index in [9.17, 15) is 4.79 Å². The number of hydrogen-bond donors (Lipinski definition) is 1. The van der Waals surface area contributed by atoms with Gasteiger partial charge in [-0.15, -0.1) is 0 Å². The Kier molecular flexibility index (Phi) is 3.76. The molecule has 0 aliphatic heterocycles. The molecule has 2 rings (SSSR count). The Labute approximate surface area is 120 Å². The summed E-state index contributed by atoms with van der Waals surface area (Å²) >= 11 is 0. The summed E-state index contributed by atoms with van der Waals surface area (Å²) in [6, 6.07) is 0. The molecule has 1 amide bonds. The zero-order valence-corrected chi connectivity index (χ0v) is 13.2. The lowest BCUT2D eigenvalue weighted by atomic mass is 10.1. The molecule has 1 aromatic rings. The second-order valence-corrected chi connectivity index (χ2v) is 6.54. The summed E-state index contributed by atoms with van der Waals surface area (Å²) in [6.45, 7) is 12.6. The molecule has 0 radical (unpaired) electrons. The number of hydrogen-bond acceptors (Lipinski definition) is 3. The van der Waals surface area contributed by atoms with Gasteiger partial charge in [0.25, 0.3) is 0 Å². The number of carbonyl (C=O) groups excluding carboxylic acids is 1. The quantitative estimate of drug-likeness (QED) is 0.859. The van der Waals surface area contributed by atoms with Gasteiger partial charge in [0.1, 0.15) is 5.76 Å². The fraction of sp³-hybridized carbons (Fsp3) is 0.625. The van der Waals surface area contributed by atoms with Crippen LogP contribution in [0.15, 0.2) is 16.1 Å². The molecule has 0 spiro atoms. The Hall–Kier alpha value is -1.58. The van der Waals surface area contributed by atoms with E-state index in [1.54, 1.807) is 0 Å². The fourth-order valence-electron chi connectivity index (χ4n) is 2.74. The highest BCUT2D eigenvalue weighted by atomic mass is 16.4. The lowest BCUT2D eigenvalue weighted by Crippen LogP contribution is -2.26. The fourth-order valence-corrected chi connectivity index (χ4v) is 2.74. The number of nitrogens with one attached hydrogen (secondary N) is 1.